The van der Waals surface area contributed by atoms with Crippen LogP contribution in [0.25, 0.3) is 10.8 Å². The normalized spacial score (nSPS) is 14.2. The van der Waals surface area contributed by atoms with Crippen molar-refractivity contribution in [1.29, 1.82) is 0 Å². The van der Waals surface area contributed by atoms with Gasteiger partial charge >= 0.3 is 0 Å². The Bertz CT molecular complexity index is 564. The smallest absolute Gasteiger partial charge is 0.0348 e. The molecule has 0 fully saturated rings. The lowest BCUT2D eigenvalue weighted by Gasteiger charge is -2.21. The molecule has 0 aliphatic carbocycles. The van der Waals surface area contributed by atoms with E-state index in [2.05, 4.69) is 78.4 Å². The second-order valence-electron chi connectivity index (χ2n) is 5.70. The van der Waals surface area contributed by atoms with Crippen LogP contribution in [0.5, 0.6) is 0 Å². The number of halogens is 1. The highest BCUT2D eigenvalue weighted by molar-refractivity contribution is 9.10. The number of benzene rings is 2. The minimum Gasteiger partial charge on any atom is -0.382 e. The van der Waals surface area contributed by atoms with E-state index >= 15 is 0 Å². The molecule has 2 atom stereocenters. The fourth-order valence-electron chi connectivity index (χ4n) is 2.52. The predicted molar refractivity (Wildman–Crippen MR) is 93.4 cm³/mol. The summed E-state index contributed by atoms with van der Waals surface area (Å²) in [6.45, 7) is 6.87. The fraction of sp³-hybridized carbons (Fsp3) is 0.444. The third-order valence-electron chi connectivity index (χ3n) is 4.05. The molecule has 0 aliphatic heterocycles. The van der Waals surface area contributed by atoms with Crippen LogP contribution in [0.2, 0.25) is 0 Å². The molecule has 0 radical (unpaired) electrons. The Labute approximate surface area is 130 Å². The second-order valence-corrected chi connectivity index (χ2v) is 6.62. The van der Waals surface area contributed by atoms with E-state index in [1.807, 2.05) is 0 Å². The Balaban J connectivity index is 2.14. The molecule has 0 heterocycles. The van der Waals surface area contributed by atoms with E-state index in [1.54, 1.807) is 0 Å². The molecule has 2 heteroatoms. The lowest BCUT2D eigenvalue weighted by Crippen LogP contribution is -2.21. The number of hydrogen-bond donors (Lipinski definition) is 1. The van der Waals surface area contributed by atoms with Crippen LogP contribution in [0.15, 0.2) is 40.9 Å². The minimum atomic E-state index is 0.567. The number of fused-ring (bicyclic) bond motifs is 1. The molecule has 0 saturated carbocycles. The number of nitrogens with one attached hydrogen (secondary N) is 1. The van der Waals surface area contributed by atoms with Gasteiger partial charge in [0.2, 0.25) is 0 Å². The first kappa shape index (κ1) is 15.4. The molecule has 0 aromatic heterocycles. The third kappa shape index (κ3) is 3.99. The van der Waals surface area contributed by atoms with Gasteiger partial charge in [0.25, 0.3) is 0 Å². The summed E-state index contributed by atoms with van der Waals surface area (Å²) in [6.07, 6.45) is 3.66. The SMILES string of the molecule is CCC(C)CC(CC)Nc1ccc2cc(Br)ccc2c1. The Morgan fingerprint density at radius 1 is 1.00 bits per heavy atom. The van der Waals surface area contributed by atoms with Crippen molar-refractivity contribution in [2.45, 2.75) is 46.1 Å². The van der Waals surface area contributed by atoms with Crippen LogP contribution in [-0.2, 0) is 0 Å². The topological polar surface area (TPSA) is 12.0 Å². The summed E-state index contributed by atoms with van der Waals surface area (Å²) in [5.41, 5.74) is 1.23. The molecule has 2 rings (SSSR count). The van der Waals surface area contributed by atoms with E-state index in [9.17, 15) is 0 Å². The van der Waals surface area contributed by atoms with E-state index in [-0.39, 0.29) is 0 Å². The van der Waals surface area contributed by atoms with Gasteiger partial charge in [-0.05, 0) is 53.8 Å². The summed E-state index contributed by atoms with van der Waals surface area (Å²) >= 11 is 3.52. The van der Waals surface area contributed by atoms with Gasteiger partial charge in [0.1, 0.15) is 0 Å². The molecular weight excluding hydrogens is 310 g/mol. The molecule has 0 bridgehead atoms. The lowest BCUT2D eigenvalue weighted by atomic mass is 9.97. The molecule has 2 aromatic carbocycles. The zero-order valence-electron chi connectivity index (χ0n) is 12.6. The van der Waals surface area contributed by atoms with Crippen LogP contribution in [0.3, 0.4) is 0 Å². The van der Waals surface area contributed by atoms with Crippen LogP contribution in [-0.4, -0.2) is 6.04 Å². The van der Waals surface area contributed by atoms with E-state index in [0.29, 0.717) is 6.04 Å². The first-order valence-electron chi connectivity index (χ1n) is 7.58. The van der Waals surface area contributed by atoms with Crippen molar-refractivity contribution in [3.8, 4) is 0 Å². The van der Waals surface area contributed by atoms with Crippen LogP contribution >= 0.6 is 15.9 Å². The van der Waals surface area contributed by atoms with Crippen molar-refractivity contribution >= 4 is 32.4 Å². The van der Waals surface area contributed by atoms with Crippen LogP contribution in [0, 0.1) is 5.92 Å². The first-order chi connectivity index (χ1) is 9.62. The van der Waals surface area contributed by atoms with Crippen LogP contribution in [0.1, 0.15) is 40.0 Å². The van der Waals surface area contributed by atoms with Gasteiger partial charge in [-0.1, -0.05) is 55.3 Å². The zero-order valence-corrected chi connectivity index (χ0v) is 14.2. The molecule has 20 heavy (non-hydrogen) atoms. The molecule has 0 saturated heterocycles. The van der Waals surface area contributed by atoms with E-state index < -0.39 is 0 Å². The van der Waals surface area contributed by atoms with Crippen LogP contribution < -0.4 is 5.32 Å². The molecule has 2 aromatic rings. The third-order valence-corrected chi connectivity index (χ3v) is 4.54. The monoisotopic (exact) mass is 333 g/mol. The van der Waals surface area contributed by atoms with Crippen molar-refractivity contribution in [1.82, 2.24) is 0 Å². The summed E-state index contributed by atoms with van der Waals surface area (Å²) < 4.78 is 1.13. The minimum absolute atomic E-state index is 0.567. The van der Waals surface area contributed by atoms with Gasteiger partial charge in [0.05, 0.1) is 0 Å². The highest BCUT2D eigenvalue weighted by atomic mass is 79.9. The predicted octanol–water partition coefficient (Wildman–Crippen LogP) is 6.23. The molecule has 1 N–H and O–H groups in total. The molecule has 2 unspecified atom stereocenters. The number of hydrogen-bond acceptors (Lipinski definition) is 1. The van der Waals surface area contributed by atoms with E-state index in [1.165, 1.54) is 35.7 Å². The Morgan fingerprint density at radius 3 is 2.40 bits per heavy atom. The van der Waals surface area contributed by atoms with Gasteiger partial charge in [0.15, 0.2) is 0 Å². The maximum absolute atomic E-state index is 3.69. The van der Waals surface area contributed by atoms with Crippen molar-refractivity contribution in [3.63, 3.8) is 0 Å². The maximum atomic E-state index is 3.69. The van der Waals surface area contributed by atoms with Crippen molar-refractivity contribution in [2.24, 2.45) is 5.92 Å². The number of rotatable bonds is 6. The van der Waals surface area contributed by atoms with Gasteiger partial charge in [-0.3, -0.25) is 0 Å². The molecule has 1 nitrogen and oxygen atoms in total. The summed E-state index contributed by atoms with van der Waals surface area (Å²) in [5.74, 6) is 0.781. The summed E-state index contributed by atoms with van der Waals surface area (Å²) in [6, 6.07) is 13.6. The standard InChI is InChI=1S/C18H24BrN/c1-4-13(3)10-17(5-2)20-18-9-7-14-11-16(19)8-6-15(14)12-18/h6-9,11-13,17,20H,4-5,10H2,1-3H3. The Hall–Kier alpha value is -1.02. The quantitative estimate of drug-likeness (QED) is 0.660. The molecule has 0 spiro atoms. The average Bonchev–Trinajstić information content (AvgIpc) is 2.46. The van der Waals surface area contributed by atoms with Gasteiger partial charge in [-0.2, -0.15) is 0 Å². The van der Waals surface area contributed by atoms with Gasteiger partial charge < -0.3 is 5.32 Å². The largest absolute Gasteiger partial charge is 0.382 e. The highest BCUT2D eigenvalue weighted by Gasteiger charge is 2.10. The fourth-order valence-corrected chi connectivity index (χ4v) is 2.90. The van der Waals surface area contributed by atoms with E-state index in [0.717, 1.165) is 10.4 Å². The van der Waals surface area contributed by atoms with Crippen molar-refractivity contribution in [2.75, 3.05) is 5.32 Å². The van der Waals surface area contributed by atoms with Crippen LogP contribution in [0.4, 0.5) is 5.69 Å². The van der Waals surface area contributed by atoms with Crippen molar-refractivity contribution in [3.05, 3.63) is 40.9 Å². The molecule has 0 aliphatic rings. The van der Waals surface area contributed by atoms with Gasteiger partial charge in [-0.25, -0.2) is 0 Å². The summed E-state index contributed by atoms with van der Waals surface area (Å²) in [7, 11) is 0. The maximum Gasteiger partial charge on any atom is 0.0348 e. The van der Waals surface area contributed by atoms with Gasteiger partial charge in [-0.15, -0.1) is 0 Å². The molecule has 108 valence electrons. The summed E-state index contributed by atoms with van der Waals surface area (Å²) in [5, 5.41) is 6.26. The lowest BCUT2D eigenvalue weighted by molar-refractivity contribution is 0.462. The Kier molecular flexibility index (Phi) is 5.47. The summed E-state index contributed by atoms with van der Waals surface area (Å²) in [4.78, 5) is 0. The average molecular weight is 334 g/mol. The van der Waals surface area contributed by atoms with Crippen molar-refractivity contribution < 1.29 is 0 Å². The van der Waals surface area contributed by atoms with Gasteiger partial charge in [0, 0.05) is 16.2 Å². The van der Waals surface area contributed by atoms with E-state index in [4.69, 9.17) is 0 Å². The zero-order chi connectivity index (χ0) is 14.5. The molecule has 0 amide bonds. The molecular formula is C18H24BrN. The first-order valence-corrected chi connectivity index (χ1v) is 8.37. The Morgan fingerprint density at radius 2 is 1.70 bits per heavy atom. The highest BCUT2D eigenvalue weighted by Crippen LogP contribution is 2.24. The number of anilines is 1. The second kappa shape index (κ2) is 7.12.